The zero-order chi connectivity index (χ0) is 20.2. The van der Waals surface area contributed by atoms with Crippen molar-refractivity contribution in [1.29, 1.82) is 0 Å². The number of hydrogen-bond acceptors (Lipinski definition) is 4. The molecule has 3 aromatic rings. The molecule has 1 N–H and O–H groups in total. The summed E-state index contributed by atoms with van der Waals surface area (Å²) in [5, 5.41) is 4.07. The SMILES string of the molecule is COc1ccccc1C=NNC(=O)c1ccc2c(c1)CN(c1ccc(Br)cc1)C2. The van der Waals surface area contributed by atoms with Crippen LogP contribution in [0.15, 0.2) is 76.3 Å². The maximum absolute atomic E-state index is 12.5. The monoisotopic (exact) mass is 449 g/mol. The number of hydrogen-bond donors (Lipinski definition) is 1. The highest BCUT2D eigenvalue weighted by Gasteiger charge is 2.20. The summed E-state index contributed by atoms with van der Waals surface area (Å²) in [6.07, 6.45) is 1.58. The van der Waals surface area contributed by atoms with Gasteiger partial charge in [0.1, 0.15) is 5.75 Å². The van der Waals surface area contributed by atoms with Crippen LogP contribution in [0.25, 0.3) is 0 Å². The van der Waals surface area contributed by atoms with Gasteiger partial charge in [0, 0.05) is 34.4 Å². The number of rotatable bonds is 5. The average Bonchev–Trinajstić information content (AvgIpc) is 3.18. The summed E-state index contributed by atoms with van der Waals surface area (Å²) < 4.78 is 6.34. The Morgan fingerprint density at radius 3 is 2.62 bits per heavy atom. The molecule has 0 bridgehead atoms. The summed E-state index contributed by atoms with van der Waals surface area (Å²) in [4.78, 5) is 14.8. The zero-order valence-corrected chi connectivity index (χ0v) is 17.5. The fourth-order valence-electron chi connectivity index (χ4n) is 3.37. The van der Waals surface area contributed by atoms with Crippen molar-refractivity contribution < 1.29 is 9.53 Å². The number of hydrazone groups is 1. The number of ether oxygens (including phenoxy) is 1. The molecule has 0 atom stereocenters. The van der Waals surface area contributed by atoms with Crippen molar-refractivity contribution in [2.45, 2.75) is 13.1 Å². The van der Waals surface area contributed by atoms with Crippen molar-refractivity contribution in [2.24, 2.45) is 5.10 Å². The van der Waals surface area contributed by atoms with E-state index in [9.17, 15) is 4.79 Å². The van der Waals surface area contributed by atoms with Crippen LogP contribution in [0.1, 0.15) is 27.0 Å². The Balaban J connectivity index is 1.43. The lowest BCUT2D eigenvalue weighted by Gasteiger charge is -2.17. The molecule has 0 saturated carbocycles. The Bertz CT molecular complexity index is 1060. The predicted octanol–water partition coefficient (Wildman–Crippen LogP) is 4.74. The van der Waals surface area contributed by atoms with E-state index in [1.165, 1.54) is 5.56 Å². The lowest BCUT2D eigenvalue weighted by molar-refractivity contribution is 0.0955. The lowest BCUT2D eigenvalue weighted by atomic mass is 10.1. The third-order valence-corrected chi connectivity index (χ3v) is 5.42. The Morgan fingerprint density at radius 1 is 1.07 bits per heavy atom. The fourth-order valence-corrected chi connectivity index (χ4v) is 3.63. The Hall–Kier alpha value is -3.12. The number of anilines is 1. The van der Waals surface area contributed by atoms with E-state index in [0.717, 1.165) is 34.4 Å². The molecule has 3 aromatic carbocycles. The van der Waals surface area contributed by atoms with Crippen LogP contribution in [0, 0.1) is 0 Å². The Kier molecular flexibility index (Phi) is 5.62. The van der Waals surface area contributed by atoms with Crippen LogP contribution >= 0.6 is 15.9 Å². The van der Waals surface area contributed by atoms with Gasteiger partial charge in [-0.25, -0.2) is 5.43 Å². The minimum absolute atomic E-state index is 0.235. The van der Waals surface area contributed by atoms with E-state index in [1.807, 2.05) is 54.6 Å². The normalized spacial score (nSPS) is 12.8. The van der Waals surface area contributed by atoms with E-state index in [0.29, 0.717) is 11.3 Å². The molecule has 0 spiro atoms. The molecule has 0 saturated heterocycles. The molecule has 0 fully saturated rings. The minimum Gasteiger partial charge on any atom is -0.496 e. The molecule has 0 radical (unpaired) electrons. The van der Waals surface area contributed by atoms with E-state index >= 15 is 0 Å². The molecule has 1 aliphatic rings. The van der Waals surface area contributed by atoms with E-state index < -0.39 is 0 Å². The molecular formula is C23H20BrN3O2. The van der Waals surface area contributed by atoms with Gasteiger partial charge in [-0.1, -0.05) is 34.1 Å². The lowest BCUT2D eigenvalue weighted by Crippen LogP contribution is -2.18. The molecule has 0 unspecified atom stereocenters. The Morgan fingerprint density at radius 2 is 1.83 bits per heavy atom. The van der Waals surface area contributed by atoms with Crippen LogP contribution < -0.4 is 15.1 Å². The maximum atomic E-state index is 12.5. The molecule has 29 heavy (non-hydrogen) atoms. The van der Waals surface area contributed by atoms with Crippen LogP contribution in [0.3, 0.4) is 0 Å². The molecule has 4 rings (SSSR count). The number of carbonyl (C=O) groups is 1. The standard InChI is InChI=1S/C23H20BrN3O2/c1-29-22-5-3-2-4-17(22)13-25-26-23(28)16-6-7-18-14-27(15-19(18)12-16)21-10-8-20(24)9-11-21/h2-13H,14-15H2,1H3,(H,26,28). The number of nitrogens with one attached hydrogen (secondary N) is 1. The molecule has 1 amide bonds. The van der Waals surface area contributed by atoms with Crippen LogP contribution in [0.2, 0.25) is 0 Å². The van der Waals surface area contributed by atoms with Crippen LogP contribution in [0.5, 0.6) is 5.75 Å². The first-order valence-electron chi connectivity index (χ1n) is 9.23. The summed E-state index contributed by atoms with van der Waals surface area (Å²) in [5.41, 5.74) is 7.55. The van der Waals surface area contributed by atoms with Gasteiger partial charge in [-0.3, -0.25) is 4.79 Å². The zero-order valence-electron chi connectivity index (χ0n) is 15.9. The van der Waals surface area contributed by atoms with Gasteiger partial charge in [0.05, 0.1) is 13.3 Å². The molecule has 0 aliphatic carbocycles. The molecule has 6 heteroatoms. The molecule has 0 aromatic heterocycles. The van der Waals surface area contributed by atoms with Gasteiger partial charge in [-0.15, -0.1) is 0 Å². The molecular weight excluding hydrogens is 430 g/mol. The van der Waals surface area contributed by atoms with E-state index in [-0.39, 0.29) is 5.91 Å². The predicted molar refractivity (Wildman–Crippen MR) is 119 cm³/mol. The largest absolute Gasteiger partial charge is 0.496 e. The number of methoxy groups -OCH3 is 1. The third kappa shape index (κ3) is 4.32. The summed E-state index contributed by atoms with van der Waals surface area (Å²) in [7, 11) is 1.60. The topological polar surface area (TPSA) is 53.9 Å². The van der Waals surface area contributed by atoms with Crippen molar-refractivity contribution in [3.63, 3.8) is 0 Å². The van der Waals surface area contributed by atoms with Crippen molar-refractivity contribution in [1.82, 2.24) is 5.43 Å². The van der Waals surface area contributed by atoms with Crippen LogP contribution in [-0.4, -0.2) is 19.2 Å². The molecule has 146 valence electrons. The van der Waals surface area contributed by atoms with Gasteiger partial charge >= 0.3 is 0 Å². The number of fused-ring (bicyclic) bond motifs is 1. The van der Waals surface area contributed by atoms with Crippen LogP contribution in [0.4, 0.5) is 5.69 Å². The maximum Gasteiger partial charge on any atom is 0.271 e. The van der Waals surface area contributed by atoms with Crippen molar-refractivity contribution in [3.05, 3.63) is 93.5 Å². The molecule has 1 heterocycles. The molecule has 5 nitrogen and oxygen atoms in total. The van der Waals surface area contributed by atoms with Gasteiger partial charge in [-0.05, 0) is 59.7 Å². The molecule has 1 aliphatic heterocycles. The van der Waals surface area contributed by atoms with Gasteiger partial charge in [0.25, 0.3) is 5.91 Å². The number of amides is 1. The summed E-state index contributed by atoms with van der Waals surface area (Å²) >= 11 is 3.47. The van der Waals surface area contributed by atoms with E-state index in [4.69, 9.17) is 4.74 Å². The third-order valence-electron chi connectivity index (χ3n) is 4.89. The second-order valence-corrected chi connectivity index (χ2v) is 7.67. The second kappa shape index (κ2) is 8.49. The summed E-state index contributed by atoms with van der Waals surface area (Å²) in [6, 6.07) is 21.6. The van der Waals surface area contributed by atoms with Crippen molar-refractivity contribution >= 4 is 33.7 Å². The highest BCUT2D eigenvalue weighted by molar-refractivity contribution is 9.10. The first kappa shape index (κ1) is 19.2. The fraction of sp³-hybridized carbons (Fsp3) is 0.130. The average molecular weight is 450 g/mol. The van der Waals surface area contributed by atoms with E-state index in [1.54, 1.807) is 13.3 Å². The highest BCUT2D eigenvalue weighted by atomic mass is 79.9. The first-order chi connectivity index (χ1) is 14.1. The smallest absolute Gasteiger partial charge is 0.271 e. The quantitative estimate of drug-likeness (QED) is 0.451. The number of nitrogens with zero attached hydrogens (tertiary/aromatic N) is 2. The van der Waals surface area contributed by atoms with Gasteiger partial charge in [0.15, 0.2) is 0 Å². The Labute approximate surface area is 178 Å². The summed E-state index contributed by atoms with van der Waals surface area (Å²) in [6.45, 7) is 1.62. The van der Waals surface area contributed by atoms with E-state index in [2.05, 4.69) is 43.5 Å². The second-order valence-electron chi connectivity index (χ2n) is 6.76. The highest BCUT2D eigenvalue weighted by Crippen LogP contribution is 2.29. The first-order valence-corrected chi connectivity index (χ1v) is 10.0. The van der Waals surface area contributed by atoms with Crippen LogP contribution in [-0.2, 0) is 13.1 Å². The number of para-hydroxylation sites is 1. The van der Waals surface area contributed by atoms with Gasteiger partial charge in [-0.2, -0.15) is 5.10 Å². The number of benzene rings is 3. The van der Waals surface area contributed by atoms with Crippen molar-refractivity contribution in [2.75, 3.05) is 12.0 Å². The van der Waals surface area contributed by atoms with Crippen molar-refractivity contribution in [3.8, 4) is 5.75 Å². The minimum atomic E-state index is -0.235. The summed E-state index contributed by atoms with van der Waals surface area (Å²) in [5.74, 6) is 0.470. The van der Waals surface area contributed by atoms with Gasteiger partial charge in [0.2, 0.25) is 0 Å². The van der Waals surface area contributed by atoms with Gasteiger partial charge < -0.3 is 9.64 Å². The number of halogens is 1. The number of carbonyl (C=O) groups excluding carboxylic acids is 1.